The van der Waals surface area contributed by atoms with Gasteiger partial charge in [0.15, 0.2) is 5.82 Å². The van der Waals surface area contributed by atoms with Crippen LogP contribution in [0.5, 0.6) is 0 Å². The van der Waals surface area contributed by atoms with Crippen molar-refractivity contribution in [2.45, 2.75) is 31.3 Å². The van der Waals surface area contributed by atoms with E-state index in [-0.39, 0.29) is 17.5 Å². The average molecular weight is 420 g/mol. The molecule has 0 atom stereocenters. The smallest absolute Gasteiger partial charge is 0.255 e. The van der Waals surface area contributed by atoms with Crippen LogP contribution < -0.4 is 5.32 Å². The Balaban J connectivity index is 1.49. The summed E-state index contributed by atoms with van der Waals surface area (Å²) < 4.78 is 0. The number of aromatic nitrogens is 3. The van der Waals surface area contributed by atoms with Crippen LogP contribution in [0.4, 0.5) is 5.69 Å². The highest BCUT2D eigenvalue weighted by molar-refractivity contribution is 7.99. The minimum atomic E-state index is -0.246. The number of hydrogen-bond donors (Lipinski definition) is 2. The summed E-state index contributed by atoms with van der Waals surface area (Å²) in [6.45, 7) is 1.52. The van der Waals surface area contributed by atoms with E-state index in [1.807, 2.05) is 24.3 Å². The van der Waals surface area contributed by atoms with Gasteiger partial charge in [-0.3, -0.25) is 19.5 Å². The Bertz CT molecular complexity index is 1140. The molecule has 8 heteroatoms. The highest BCUT2D eigenvalue weighted by atomic mass is 32.2. The van der Waals surface area contributed by atoms with Crippen molar-refractivity contribution in [3.05, 3.63) is 59.2 Å². The second-order valence-electron chi connectivity index (χ2n) is 7.19. The number of amides is 1. The van der Waals surface area contributed by atoms with Crippen LogP contribution in [0.25, 0.3) is 11.4 Å². The first kappa shape index (κ1) is 20.0. The van der Waals surface area contributed by atoms with Crippen LogP contribution in [-0.4, -0.2) is 38.4 Å². The normalized spacial score (nSPS) is 13.0. The van der Waals surface area contributed by atoms with Crippen LogP contribution in [0.15, 0.2) is 47.6 Å². The summed E-state index contributed by atoms with van der Waals surface area (Å²) in [5, 5.41) is 10.3. The van der Waals surface area contributed by atoms with Gasteiger partial charge in [-0.25, -0.2) is 4.98 Å². The number of nitrogens with zero attached hydrogens (tertiary/aromatic N) is 2. The maximum atomic E-state index is 12.7. The second-order valence-corrected chi connectivity index (χ2v) is 8.13. The molecule has 2 aromatic carbocycles. The average Bonchev–Trinajstić information content (AvgIpc) is 3.21. The van der Waals surface area contributed by atoms with Gasteiger partial charge < -0.3 is 5.32 Å². The number of rotatable bonds is 6. The first-order valence-corrected chi connectivity index (χ1v) is 10.6. The fraction of sp³-hybridized carbons (Fsp3) is 0.227. The summed E-state index contributed by atoms with van der Waals surface area (Å²) in [6.07, 6.45) is 1.76. The molecule has 2 N–H and O–H groups in total. The molecule has 152 valence electrons. The van der Waals surface area contributed by atoms with Crippen LogP contribution in [0.2, 0.25) is 0 Å². The molecule has 0 radical (unpaired) electrons. The van der Waals surface area contributed by atoms with Crippen molar-refractivity contribution in [2.75, 3.05) is 11.1 Å². The number of ketones is 2. The van der Waals surface area contributed by atoms with E-state index in [4.69, 9.17) is 0 Å². The predicted octanol–water partition coefficient (Wildman–Crippen LogP) is 3.46. The lowest BCUT2D eigenvalue weighted by Crippen LogP contribution is -2.15. The van der Waals surface area contributed by atoms with E-state index < -0.39 is 0 Å². The summed E-state index contributed by atoms with van der Waals surface area (Å²) in [4.78, 5) is 39.9. The van der Waals surface area contributed by atoms with Crippen LogP contribution in [0, 0.1) is 0 Å². The Labute approximate surface area is 177 Å². The molecule has 0 aliphatic heterocycles. The van der Waals surface area contributed by atoms with Gasteiger partial charge in [0.2, 0.25) is 5.16 Å². The van der Waals surface area contributed by atoms with Gasteiger partial charge in [0.1, 0.15) is 11.6 Å². The SMILES string of the molecule is CC(=O)CSc1n[nH]c(-c2cccc(C(=O)Nc3ccc4c(c3)CC(=O)CC4)c2)n1. The summed E-state index contributed by atoms with van der Waals surface area (Å²) in [5.41, 5.74) is 4.02. The molecular formula is C22H20N4O3S. The van der Waals surface area contributed by atoms with Crippen molar-refractivity contribution in [3.8, 4) is 11.4 Å². The molecule has 1 aliphatic rings. The molecule has 0 saturated heterocycles. The first-order chi connectivity index (χ1) is 14.5. The Kier molecular flexibility index (Phi) is 5.76. The molecule has 4 rings (SSSR count). The lowest BCUT2D eigenvalue weighted by Gasteiger charge is -2.16. The van der Waals surface area contributed by atoms with Gasteiger partial charge in [-0.1, -0.05) is 30.0 Å². The summed E-state index contributed by atoms with van der Waals surface area (Å²) in [7, 11) is 0. The summed E-state index contributed by atoms with van der Waals surface area (Å²) in [6, 6.07) is 12.8. The number of carbonyl (C=O) groups excluding carboxylic acids is 3. The summed E-state index contributed by atoms with van der Waals surface area (Å²) >= 11 is 1.26. The molecule has 1 aromatic heterocycles. The van der Waals surface area contributed by atoms with E-state index >= 15 is 0 Å². The molecule has 0 spiro atoms. The third-order valence-corrected chi connectivity index (χ3v) is 5.78. The van der Waals surface area contributed by atoms with E-state index in [0.717, 1.165) is 17.5 Å². The van der Waals surface area contributed by atoms with E-state index in [9.17, 15) is 14.4 Å². The molecule has 30 heavy (non-hydrogen) atoms. The maximum Gasteiger partial charge on any atom is 0.255 e. The zero-order chi connectivity index (χ0) is 21.1. The number of benzene rings is 2. The fourth-order valence-electron chi connectivity index (χ4n) is 3.30. The standard InChI is InChI=1S/C22H20N4O3S/c1-13(27)12-30-22-24-20(25-26-22)15-3-2-4-16(9-15)21(29)23-18-7-5-14-6-8-19(28)11-17(14)10-18/h2-5,7,9-10H,6,8,11-12H2,1H3,(H,23,29)(H,24,25,26). The number of fused-ring (bicyclic) bond motifs is 1. The topological polar surface area (TPSA) is 105 Å². The number of Topliss-reactive ketones (excluding diaryl/α,β-unsaturated/α-hetero) is 2. The van der Waals surface area contributed by atoms with Crippen molar-refractivity contribution < 1.29 is 14.4 Å². The molecule has 1 amide bonds. The predicted molar refractivity (Wildman–Crippen MR) is 115 cm³/mol. The van der Waals surface area contributed by atoms with Gasteiger partial charge in [0.25, 0.3) is 5.91 Å². The van der Waals surface area contributed by atoms with Gasteiger partial charge in [0, 0.05) is 29.7 Å². The van der Waals surface area contributed by atoms with E-state index in [1.54, 1.807) is 18.2 Å². The van der Waals surface area contributed by atoms with Crippen molar-refractivity contribution in [1.82, 2.24) is 15.2 Å². The number of nitrogens with one attached hydrogen (secondary N) is 2. The number of carbonyl (C=O) groups is 3. The Morgan fingerprint density at radius 2 is 2.00 bits per heavy atom. The van der Waals surface area contributed by atoms with Gasteiger partial charge in [-0.15, -0.1) is 5.10 Å². The number of aromatic amines is 1. The molecule has 0 fully saturated rings. The van der Waals surface area contributed by atoms with Crippen molar-refractivity contribution >= 4 is 34.9 Å². The molecule has 7 nitrogen and oxygen atoms in total. The maximum absolute atomic E-state index is 12.7. The Morgan fingerprint density at radius 3 is 2.83 bits per heavy atom. The molecular weight excluding hydrogens is 400 g/mol. The zero-order valence-electron chi connectivity index (χ0n) is 16.4. The molecule has 0 saturated carbocycles. The lowest BCUT2D eigenvalue weighted by molar-refractivity contribution is -0.118. The third kappa shape index (κ3) is 4.65. The quantitative estimate of drug-likeness (QED) is 0.592. The van der Waals surface area contributed by atoms with Crippen LogP contribution >= 0.6 is 11.8 Å². The molecule has 3 aromatic rings. The number of thioether (sulfide) groups is 1. The van der Waals surface area contributed by atoms with Crippen molar-refractivity contribution in [1.29, 1.82) is 0 Å². The summed E-state index contributed by atoms with van der Waals surface area (Å²) in [5.74, 6) is 0.877. The number of H-pyrrole nitrogens is 1. The monoisotopic (exact) mass is 420 g/mol. The first-order valence-electron chi connectivity index (χ1n) is 9.58. The van der Waals surface area contributed by atoms with Crippen molar-refractivity contribution in [3.63, 3.8) is 0 Å². The van der Waals surface area contributed by atoms with E-state index in [1.165, 1.54) is 24.2 Å². The highest BCUT2D eigenvalue weighted by Crippen LogP contribution is 2.24. The molecule has 0 unspecified atom stereocenters. The van der Waals surface area contributed by atoms with Gasteiger partial charge in [-0.05, 0) is 48.7 Å². The van der Waals surface area contributed by atoms with Gasteiger partial charge in [0.05, 0.1) is 5.75 Å². The van der Waals surface area contributed by atoms with Crippen LogP contribution in [-0.2, 0) is 22.4 Å². The molecule has 1 heterocycles. The minimum absolute atomic E-state index is 0.0524. The highest BCUT2D eigenvalue weighted by Gasteiger charge is 2.17. The number of aryl methyl sites for hydroxylation is 1. The van der Waals surface area contributed by atoms with Gasteiger partial charge >= 0.3 is 0 Å². The number of anilines is 1. The third-order valence-electron chi connectivity index (χ3n) is 4.79. The number of hydrogen-bond acceptors (Lipinski definition) is 6. The van der Waals surface area contributed by atoms with Crippen LogP contribution in [0.1, 0.15) is 34.8 Å². The van der Waals surface area contributed by atoms with Crippen LogP contribution in [0.3, 0.4) is 0 Å². The molecule has 0 bridgehead atoms. The second kappa shape index (κ2) is 8.62. The Hall–Kier alpha value is -3.26. The minimum Gasteiger partial charge on any atom is -0.322 e. The van der Waals surface area contributed by atoms with E-state index in [0.29, 0.717) is 40.8 Å². The van der Waals surface area contributed by atoms with Crippen molar-refractivity contribution in [2.24, 2.45) is 0 Å². The van der Waals surface area contributed by atoms with E-state index in [2.05, 4.69) is 20.5 Å². The zero-order valence-corrected chi connectivity index (χ0v) is 17.2. The fourth-order valence-corrected chi connectivity index (χ4v) is 3.90. The molecule has 1 aliphatic carbocycles. The lowest BCUT2D eigenvalue weighted by atomic mass is 9.90. The Morgan fingerprint density at radius 1 is 1.13 bits per heavy atom. The largest absolute Gasteiger partial charge is 0.322 e. The van der Waals surface area contributed by atoms with Gasteiger partial charge in [-0.2, -0.15) is 0 Å².